The van der Waals surface area contributed by atoms with E-state index in [2.05, 4.69) is 9.88 Å². The lowest BCUT2D eigenvalue weighted by molar-refractivity contribution is 0.164. The van der Waals surface area contributed by atoms with Gasteiger partial charge in [-0.1, -0.05) is 0 Å². The van der Waals surface area contributed by atoms with Gasteiger partial charge in [-0.3, -0.25) is 14.3 Å². The van der Waals surface area contributed by atoms with Crippen molar-refractivity contribution in [3.8, 4) is 0 Å². The topological polar surface area (TPSA) is 38.1 Å². The van der Waals surface area contributed by atoms with Crippen molar-refractivity contribution in [2.24, 2.45) is 5.92 Å². The number of nitrogens with zero attached hydrogens (tertiary/aromatic N) is 3. The van der Waals surface area contributed by atoms with Gasteiger partial charge in [-0.25, -0.2) is 18.2 Å². The summed E-state index contributed by atoms with van der Waals surface area (Å²) in [5.41, 5.74) is 0.545. The normalized spacial score (nSPS) is 16.0. The number of hydrogen-bond acceptors (Lipinski definition) is 3. The molecular formula is C21H20F3N3O. The summed E-state index contributed by atoms with van der Waals surface area (Å²) in [5.74, 6) is -0.951. The van der Waals surface area contributed by atoms with E-state index < -0.39 is 17.5 Å². The summed E-state index contributed by atoms with van der Waals surface area (Å²) >= 11 is 0. The van der Waals surface area contributed by atoms with Crippen molar-refractivity contribution in [2.45, 2.75) is 25.9 Å². The fraction of sp³-hybridized carbons (Fsp3) is 0.333. The van der Waals surface area contributed by atoms with Gasteiger partial charge in [0, 0.05) is 24.7 Å². The Morgan fingerprint density at radius 1 is 1.00 bits per heavy atom. The first-order valence-electron chi connectivity index (χ1n) is 9.30. The molecule has 0 atom stereocenters. The van der Waals surface area contributed by atoms with Crippen LogP contribution in [0.25, 0.3) is 10.9 Å². The molecule has 1 fully saturated rings. The van der Waals surface area contributed by atoms with Gasteiger partial charge in [0.05, 0.1) is 17.2 Å². The fourth-order valence-electron chi connectivity index (χ4n) is 3.77. The van der Waals surface area contributed by atoms with Gasteiger partial charge in [-0.15, -0.1) is 0 Å². The second kappa shape index (κ2) is 7.75. The quantitative estimate of drug-likeness (QED) is 0.685. The molecule has 2 aromatic carbocycles. The Morgan fingerprint density at radius 2 is 1.71 bits per heavy atom. The van der Waals surface area contributed by atoms with Crippen molar-refractivity contribution in [1.82, 2.24) is 14.5 Å². The first-order chi connectivity index (χ1) is 13.5. The Balaban J connectivity index is 1.40. The van der Waals surface area contributed by atoms with Gasteiger partial charge in [-0.2, -0.15) is 0 Å². The predicted molar refractivity (Wildman–Crippen MR) is 100 cm³/mol. The average molecular weight is 387 g/mol. The van der Waals surface area contributed by atoms with Gasteiger partial charge < -0.3 is 0 Å². The van der Waals surface area contributed by atoms with Gasteiger partial charge in [-0.05, 0) is 62.2 Å². The minimum Gasteiger partial charge on any atom is -0.299 e. The number of halogens is 3. The van der Waals surface area contributed by atoms with Crippen LogP contribution in [0.15, 0.2) is 47.5 Å². The molecule has 28 heavy (non-hydrogen) atoms. The van der Waals surface area contributed by atoms with Crippen LogP contribution in [-0.2, 0) is 13.1 Å². The van der Waals surface area contributed by atoms with E-state index in [0.29, 0.717) is 35.5 Å². The molecule has 146 valence electrons. The van der Waals surface area contributed by atoms with E-state index in [0.717, 1.165) is 38.1 Å². The molecule has 0 radical (unpaired) electrons. The van der Waals surface area contributed by atoms with Crippen LogP contribution < -0.4 is 5.56 Å². The Bertz CT molecular complexity index is 1060. The third-order valence-corrected chi connectivity index (χ3v) is 5.35. The van der Waals surface area contributed by atoms with Crippen molar-refractivity contribution in [1.29, 1.82) is 0 Å². The monoisotopic (exact) mass is 387 g/mol. The standard InChI is InChI=1S/C21H20F3N3O/c22-16-2-4-19(24)15(9-16)12-26-7-5-14(6-8-26)11-27-13-25-20-10-17(23)1-3-18(20)21(27)28/h1-4,9-10,13-14H,5-8,11-12H2. The molecule has 1 saturated heterocycles. The summed E-state index contributed by atoms with van der Waals surface area (Å²) < 4.78 is 42.0. The molecule has 0 amide bonds. The second-order valence-corrected chi connectivity index (χ2v) is 7.32. The molecule has 0 aliphatic carbocycles. The van der Waals surface area contributed by atoms with Crippen LogP contribution in [0.1, 0.15) is 18.4 Å². The molecule has 7 heteroatoms. The Labute approximate surface area is 160 Å². The highest BCUT2D eigenvalue weighted by Crippen LogP contribution is 2.22. The summed E-state index contributed by atoms with van der Waals surface area (Å²) in [5, 5.41) is 0.405. The van der Waals surface area contributed by atoms with Crippen LogP contribution in [0, 0.1) is 23.4 Å². The van der Waals surface area contributed by atoms with E-state index in [1.165, 1.54) is 30.6 Å². The molecule has 4 nitrogen and oxygen atoms in total. The van der Waals surface area contributed by atoms with Gasteiger partial charge in [0.15, 0.2) is 0 Å². The smallest absolute Gasteiger partial charge is 0.261 e. The van der Waals surface area contributed by atoms with Crippen molar-refractivity contribution >= 4 is 10.9 Å². The summed E-state index contributed by atoms with van der Waals surface area (Å²) in [7, 11) is 0. The van der Waals surface area contributed by atoms with Crippen molar-refractivity contribution in [2.75, 3.05) is 13.1 Å². The SMILES string of the molecule is O=c1c2ccc(F)cc2ncn1CC1CCN(Cc2cc(F)ccc2F)CC1. The minimum atomic E-state index is -0.436. The summed E-state index contributed by atoms with van der Waals surface area (Å²) in [6.07, 6.45) is 3.17. The van der Waals surface area contributed by atoms with Gasteiger partial charge in [0.25, 0.3) is 5.56 Å². The molecule has 0 bridgehead atoms. The summed E-state index contributed by atoms with van der Waals surface area (Å²) in [6, 6.07) is 7.50. The maximum atomic E-state index is 13.8. The number of piperidine rings is 1. The summed E-state index contributed by atoms with van der Waals surface area (Å²) in [4.78, 5) is 18.9. The number of benzene rings is 2. The van der Waals surface area contributed by atoms with Crippen LogP contribution >= 0.6 is 0 Å². The first-order valence-corrected chi connectivity index (χ1v) is 9.30. The van der Waals surface area contributed by atoms with Crippen LogP contribution in [0.2, 0.25) is 0 Å². The fourth-order valence-corrected chi connectivity index (χ4v) is 3.77. The number of likely N-dealkylation sites (tertiary alicyclic amines) is 1. The van der Waals surface area contributed by atoms with E-state index in [9.17, 15) is 18.0 Å². The maximum Gasteiger partial charge on any atom is 0.261 e. The maximum absolute atomic E-state index is 13.8. The van der Waals surface area contributed by atoms with Gasteiger partial charge >= 0.3 is 0 Å². The van der Waals surface area contributed by atoms with E-state index >= 15 is 0 Å². The molecule has 1 aliphatic heterocycles. The van der Waals surface area contributed by atoms with Crippen molar-refractivity contribution in [3.05, 3.63) is 76.1 Å². The minimum absolute atomic E-state index is 0.172. The van der Waals surface area contributed by atoms with E-state index in [1.54, 1.807) is 4.57 Å². The third-order valence-electron chi connectivity index (χ3n) is 5.35. The molecule has 1 aromatic heterocycles. The zero-order valence-corrected chi connectivity index (χ0v) is 15.2. The number of aromatic nitrogens is 2. The number of rotatable bonds is 4. The lowest BCUT2D eigenvalue weighted by Gasteiger charge is -2.32. The largest absolute Gasteiger partial charge is 0.299 e. The zero-order chi connectivity index (χ0) is 19.7. The van der Waals surface area contributed by atoms with E-state index in [4.69, 9.17) is 0 Å². The molecule has 3 aromatic rings. The van der Waals surface area contributed by atoms with E-state index in [-0.39, 0.29) is 5.56 Å². The molecule has 2 heterocycles. The van der Waals surface area contributed by atoms with Crippen LogP contribution in [0.3, 0.4) is 0 Å². The van der Waals surface area contributed by atoms with Crippen LogP contribution in [0.4, 0.5) is 13.2 Å². The molecule has 1 aliphatic rings. The lowest BCUT2D eigenvalue weighted by atomic mass is 9.96. The molecule has 4 rings (SSSR count). The van der Waals surface area contributed by atoms with Gasteiger partial charge in [0.2, 0.25) is 0 Å². The Kier molecular flexibility index (Phi) is 5.17. The molecule has 0 unspecified atom stereocenters. The highest BCUT2D eigenvalue weighted by Gasteiger charge is 2.21. The Morgan fingerprint density at radius 3 is 2.50 bits per heavy atom. The predicted octanol–water partition coefficient (Wildman–Crippen LogP) is 3.73. The molecule has 0 N–H and O–H groups in total. The third kappa shape index (κ3) is 3.94. The molecule has 0 spiro atoms. The number of hydrogen-bond donors (Lipinski definition) is 0. The first kappa shape index (κ1) is 18.7. The molecule has 0 saturated carbocycles. The van der Waals surface area contributed by atoms with Crippen molar-refractivity contribution in [3.63, 3.8) is 0 Å². The van der Waals surface area contributed by atoms with Crippen LogP contribution in [0.5, 0.6) is 0 Å². The molecular weight excluding hydrogens is 367 g/mol. The highest BCUT2D eigenvalue weighted by molar-refractivity contribution is 5.77. The Hall–Kier alpha value is -2.67. The van der Waals surface area contributed by atoms with Crippen LogP contribution in [-0.4, -0.2) is 27.5 Å². The second-order valence-electron chi connectivity index (χ2n) is 7.32. The summed E-state index contributed by atoms with van der Waals surface area (Å²) in [6.45, 7) is 2.42. The number of fused-ring (bicyclic) bond motifs is 1. The average Bonchev–Trinajstić information content (AvgIpc) is 2.68. The van der Waals surface area contributed by atoms with Crippen molar-refractivity contribution < 1.29 is 13.2 Å². The van der Waals surface area contributed by atoms with Gasteiger partial charge in [0.1, 0.15) is 17.5 Å². The highest BCUT2D eigenvalue weighted by atomic mass is 19.1. The van der Waals surface area contributed by atoms with E-state index in [1.807, 2.05) is 0 Å². The zero-order valence-electron chi connectivity index (χ0n) is 15.2. The lowest BCUT2D eigenvalue weighted by Crippen LogP contribution is -2.36.